The third-order valence-electron chi connectivity index (χ3n) is 1.70. The average Bonchev–Trinajstić information content (AvgIpc) is 2.29. The third-order valence-corrected chi connectivity index (χ3v) is 3.79. The summed E-state index contributed by atoms with van der Waals surface area (Å²) in [4.78, 5) is 1.25. The minimum Gasteiger partial charge on any atom is -0.488 e. The van der Waals surface area contributed by atoms with Gasteiger partial charge in [-0.05, 0) is 23.6 Å². The van der Waals surface area contributed by atoms with Gasteiger partial charge in [-0.3, -0.25) is 0 Å². The van der Waals surface area contributed by atoms with E-state index in [0.717, 1.165) is 5.75 Å². The van der Waals surface area contributed by atoms with E-state index < -0.39 is 0 Å². The molecule has 0 unspecified atom stereocenters. The minimum atomic E-state index is 0.659. The lowest BCUT2D eigenvalue weighted by Crippen LogP contribution is -1.98. The van der Waals surface area contributed by atoms with Crippen LogP contribution in [0, 0.1) is 0 Å². The molecule has 0 atom stereocenters. The van der Waals surface area contributed by atoms with Crippen molar-refractivity contribution in [2.75, 3.05) is 6.61 Å². The quantitative estimate of drug-likeness (QED) is 0.719. The van der Waals surface area contributed by atoms with Gasteiger partial charge < -0.3 is 4.74 Å². The van der Waals surface area contributed by atoms with Crippen molar-refractivity contribution in [1.82, 2.24) is 0 Å². The van der Waals surface area contributed by atoms with Crippen LogP contribution in [0.1, 0.15) is 0 Å². The molecule has 1 aliphatic rings. The van der Waals surface area contributed by atoms with Crippen LogP contribution < -0.4 is 4.74 Å². The van der Waals surface area contributed by atoms with Crippen molar-refractivity contribution in [2.45, 2.75) is 0 Å². The summed E-state index contributed by atoms with van der Waals surface area (Å²) in [7, 11) is 3.47. The Morgan fingerprint density at radius 3 is 2.71 bits per heavy atom. The summed E-state index contributed by atoms with van der Waals surface area (Å²) in [6, 6.07) is 9.88. The second-order valence-electron chi connectivity index (χ2n) is 2.74. The number of rotatable bonds is 3. The summed E-state index contributed by atoms with van der Waals surface area (Å²) in [6.45, 7) is 0.659. The van der Waals surface area contributed by atoms with Crippen molar-refractivity contribution >= 4 is 21.6 Å². The first kappa shape index (κ1) is 9.74. The number of benzene rings is 1. The molecule has 1 aromatic rings. The van der Waals surface area contributed by atoms with Crippen LogP contribution in [0.5, 0.6) is 5.75 Å². The monoisotopic (exact) mass is 222 g/mol. The first-order valence-electron chi connectivity index (χ1n) is 4.32. The lowest BCUT2D eigenvalue weighted by Gasteiger charge is -2.09. The van der Waals surface area contributed by atoms with Crippen LogP contribution in [-0.4, -0.2) is 6.61 Å². The molecule has 1 nitrogen and oxygen atoms in total. The van der Waals surface area contributed by atoms with Gasteiger partial charge in [-0.25, -0.2) is 0 Å². The van der Waals surface area contributed by atoms with Gasteiger partial charge >= 0.3 is 0 Å². The summed E-state index contributed by atoms with van der Waals surface area (Å²) in [5.74, 6) is 0.925. The van der Waals surface area contributed by atoms with Crippen molar-refractivity contribution in [3.8, 4) is 5.75 Å². The molecule has 2 rings (SSSR count). The number of allylic oxidation sites excluding steroid dienone is 2. The normalized spacial score (nSPS) is 15.0. The molecule has 0 fully saturated rings. The first-order valence-corrected chi connectivity index (χ1v) is 6.53. The molecule has 1 heterocycles. The second kappa shape index (κ2) is 5.17. The lowest BCUT2D eigenvalue weighted by atomic mass is 10.3. The molecule has 0 saturated heterocycles. The Morgan fingerprint density at radius 1 is 1.14 bits per heavy atom. The second-order valence-corrected chi connectivity index (χ2v) is 4.98. The highest BCUT2D eigenvalue weighted by Crippen LogP contribution is 2.34. The third kappa shape index (κ3) is 2.86. The molecule has 0 radical (unpaired) electrons. The predicted octanol–water partition coefficient (Wildman–Crippen LogP) is 3.86. The lowest BCUT2D eigenvalue weighted by molar-refractivity contribution is 0.360. The van der Waals surface area contributed by atoms with Gasteiger partial charge in [-0.1, -0.05) is 45.9 Å². The molecule has 0 amide bonds. The Kier molecular flexibility index (Phi) is 3.60. The SMILES string of the molecule is C1=CSSC(COc2ccccc2)=C1. The molecule has 14 heavy (non-hydrogen) atoms. The summed E-state index contributed by atoms with van der Waals surface area (Å²) in [5, 5.41) is 2.07. The molecule has 0 N–H and O–H groups in total. The van der Waals surface area contributed by atoms with E-state index in [1.54, 1.807) is 21.6 Å². The van der Waals surface area contributed by atoms with E-state index in [9.17, 15) is 0 Å². The maximum atomic E-state index is 5.61. The number of ether oxygens (including phenoxy) is 1. The van der Waals surface area contributed by atoms with Crippen molar-refractivity contribution in [3.63, 3.8) is 0 Å². The Bertz CT molecular complexity index is 344. The molecule has 3 heteroatoms. The molecule has 1 aliphatic heterocycles. The van der Waals surface area contributed by atoms with E-state index in [1.807, 2.05) is 36.4 Å². The summed E-state index contributed by atoms with van der Waals surface area (Å²) < 4.78 is 5.61. The molecular weight excluding hydrogens is 212 g/mol. The maximum absolute atomic E-state index is 5.61. The zero-order valence-corrected chi connectivity index (χ0v) is 9.18. The van der Waals surface area contributed by atoms with Crippen molar-refractivity contribution in [3.05, 3.63) is 52.8 Å². The Labute approximate surface area is 91.6 Å². The van der Waals surface area contributed by atoms with E-state index in [0.29, 0.717) is 6.61 Å². The van der Waals surface area contributed by atoms with Gasteiger partial charge in [-0.15, -0.1) is 0 Å². The number of hydrogen-bond acceptors (Lipinski definition) is 3. The topological polar surface area (TPSA) is 9.23 Å². The van der Waals surface area contributed by atoms with Crippen molar-refractivity contribution in [2.24, 2.45) is 0 Å². The highest BCUT2D eigenvalue weighted by atomic mass is 33.1. The molecule has 0 spiro atoms. The predicted molar refractivity (Wildman–Crippen MR) is 64.3 cm³/mol. The van der Waals surface area contributed by atoms with Crippen LogP contribution in [0.25, 0.3) is 0 Å². The van der Waals surface area contributed by atoms with Crippen LogP contribution >= 0.6 is 21.6 Å². The van der Waals surface area contributed by atoms with E-state index in [1.165, 1.54) is 4.91 Å². The van der Waals surface area contributed by atoms with Crippen LogP contribution in [0.3, 0.4) is 0 Å². The Balaban J connectivity index is 1.88. The fourth-order valence-electron chi connectivity index (χ4n) is 1.04. The zero-order chi connectivity index (χ0) is 9.64. The molecular formula is C11H10OS2. The van der Waals surface area contributed by atoms with Gasteiger partial charge in [0.25, 0.3) is 0 Å². The first-order chi connectivity index (χ1) is 6.95. The number of hydrogen-bond donors (Lipinski definition) is 0. The Hall–Kier alpha value is -0.800. The smallest absolute Gasteiger partial charge is 0.120 e. The standard InChI is InChI=1S/C11H10OS2/c1-2-5-10(6-3-1)12-9-11-7-4-8-13-14-11/h1-8H,9H2. The molecule has 0 bridgehead atoms. The maximum Gasteiger partial charge on any atom is 0.120 e. The van der Waals surface area contributed by atoms with Crippen LogP contribution in [-0.2, 0) is 0 Å². The van der Waals surface area contributed by atoms with E-state index in [-0.39, 0.29) is 0 Å². The summed E-state index contributed by atoms with van der Waals surface area (Å²) >= 11 is 0. The van der Waals surface area contributed by atoms with Gasteiger partial charge in [0.05, 0.1) is 0 Å². The Morgan fingerprint density at radius 2 is 2.00 bits per heavy atom. The zero-order valence-electron chi connectivity index (χ0n) is 7.55. The van der Waals surface area contributed by atoms with Gasteiger partial charge in [0.1, 0.15) is 12.4 Å². The van der Waals surface area contributed by atoms with Gasteiger partial charge in [-0.2, -0.15) is 0 Å². The summed E-state index contributed by atoms with van der Waals surface area (Å²) in [5.41, 5.74) is 0. The van der Waals surface area contributed by atoms with E-state index >= 15 is 0 Å². The van der Waals surface area contributed by atoms with Crippen LogP contribution in [0.4, 0.5) is 0 Å². The summed E-state index contributed by atoms with van der Waals surface area (Å²) in [6.07, 6.45) is 4.13. The highest BCUT2D eigenvalue weighted by Gasteiger charge is 2.01. The van der Waals surface area contributed by atoms with Gasteiger partial charge in [0, 0.05) is 4.91 Å². The van der Waals surface area contributed by atoms with Crippen molar-refractivity contribution in [1.29, 1.82) is 0 Å². The van der Waals surface area contributed by atoms with E-state index in [2.05, 4.69) is 11.5 Å². The minimum absolute atomic E-state index is 0.659. The number of para-hydroxylation sites is 1. The molecule has 1 aromatic carbocycles. The van der Waals surface area contributed by atoms with Gasteiger partial charge in [0.15, 0.2) is 0 Å². The molecule has 0 saturated carbocycles. The molecule has 72 valence electrons. The largest absolute Gasteiger partial charge is 0.488 e. The fourth-order valence-corrected chi connectivity index (χ4v) is 2.64. The molecule has 0 aliphatic carbocycles. The van der Waals surface area contributed by atoms with E-state index in [4.69, 9.17) is 4.74 Å². The highest BCUT2D eigenvalue weighted by molar-refractivity contribution is 8.79. The average molecular weight is 222 g/mol. The van der Waals surface area contributed by atoms with Gasteiger partial charge in [0.2, 0.25) is 0 Å². The molecule has 0 aromatic heterocycles. The fraction of sp³-hybridized carbons (Fsp3) is 0.0909. The van der Waals surface area contributed by atoms with Crippen molar-refractivity contribution < 1.29 is 4.74 Å². The van der Waals surface area contributed by atoms with Crippen LogP contribution in [0.2, 0.25) is 0 Å². The van der Waals surface area contributed by atoms with Crippen LogP contribution in [0.15, 0.2) is 52.8 Å².